The lowest BCUT2D eigenvalue weighted by Crippen LogP contribution is -1.96. The first-order chi connectivity index (χ1) is 6.59. The predicted molar refractivity (Wildman–Crippen MR) is 56.1 cm³/mol. The van der Waals surface area contributed by atoms with Gasteiger partial charge in [0.25, 0.3) is 0 Å². The monoisotopic (exact) mass is 194 g/mol. The highest BCUT2D eigenvalue weighted by Gasteiger charge is 2.01. The first kappa shape index (κ1) is 10.8. The van der Waals surface area contributed by atoms with Crippen molar-refractivity contribution in [3.05, 3.63) is 41.2 Å². The molecular weight excluding hydrogens is 179 g/mol. The highest BCUT2D eigenvalue weighted by Crippen LogP contribution is 2.17. The van der Waals surface area contributed by atoms with Gasteiger partial charge in [0.2, 0.25) is 0 Å². The number of halogens is 1. The summed E-state index contributed by atoms with van der Waals surface area (Å²) in [6.07, 6.45) is 1.92. The van der Waals surface area contributed by atoms with Crippen molar-refractivity contribution in [1.29, 1.82) is 0 Å². The molecule has 14 heavy (non-hydrogen) atoms. The van der Waals surface area contributed by atoms with Gasteiger partial charge in [-0.1, -0.05) is 11.6 Å². The van der Waals surface area contributed by atoms with E-state index in [9.17, 15) is 4.39 Å². The molecule has 0 N–H and O–H groups in total. The standard InChI is InChI=1S/C12H15FO/c1-9(2)6-7-14-12-5-4-10(3)8-11(12)13/h4-6,8H,7H2,1-3H3. The van der Waals surface area contributed by atoms with Gasteiger partial charge in [-0.2, -0.15) is 0 Å². The van der Waals surface area contributed by atoms with E-state index in [1.807, 2.05) is 32.9 Å². The van der Waals surface area contributed by atoms with E-state index in [0.29, 0.717) is 12.4 Å². The van der Waals surface area contributed by atoms with Crippen molar-refractivity contribution in [2.75, 3.05) is 6.61 Å². The van der Waals surface area contributed by atoms with Gasteiger partial charge in [-0.25, -0.2) is 4.39 Å². The Bertz CT molecular complexity index is 338. The van der Waals surface area contributed by atoms with Gasteiger partial charge in [0.05, 0.1) is 0 Å². The number of hydrogen-bond acceptors (Lipinski definition) is 1. The lowest BCUT2D eigenvalue weighted by atomic mass is 10.2. The van der Waals surface area contributed by atoms with Crippen LogP contribution in [0.15, 0.2) is 29.8 Å². The van der Waals surface area contributed by atoms with Gasteiger partial charge in [-0.3, -0.25) is 0 Å². The van der Waals surface area contributed by atoms with Crippen molar-refractivity contribution < 1.29 is 9.13 Å². The Morgan fingerprint density at radius 2 is 2.14 bits per heavy atom. The molecule has 0 heterocycles. The third-order valence-electron chi connectivity index (χ3n) is 1.82. The molecule has 0 spiro atoms. The molecule has 0 unspecified atom stereocenters. The molecule has 0 aromatic heterocycles. The number of allylic oxidation sites excluding steroid dienone is 1. The molecule has 0 fully saturated rings. The Morgan fingerprint density at radius 1 is 1.43 bits per heavy atom. The maximum atomic E-state index is 13.2. The molecule has 0 atom stereocenters. The third-order valence-corrected chi connectivity index (χ3v) is 1.82. The van der Waals surface area contributed by atoms with Gasteiger partial charge in [0, 0.05) is 0 Å². The molecule has 1 nitrogen and oxygen atoms in total. The van der Waals surface area contributed by atoms with E-state index in [1.54, 1.807) is 6.07 Å². The van der Waals surface area contributed by atoms with E-state index < -0.39 is 0 Å². The molecule has 0 saturated heterocycles. The maximum Gasteiger partial charge on any atom is 0.165 e. The molecule has 0 amide bonds. The average molecular weight is 194 g/mol. The summed E-state index contributed by atoms with van der Waals surface area (Å²) < 4.78 is 18.5. The molecular formula is C12H15FO. The Labute approximate surface area is 84.2 Å². The minimum absolute atomic E-state index is 0.299. The normalized spacial score (nSPS) is 9.71. The molecule has 0 bridgehead atoms. The number of ether oxygens (including phenoxy) is 1. The van der Waals surface area contributed by atoms with Crippen molar-refractivity contribution in [2.24, 2.45) is 0 Å². The lowest BCUT2D eigenvalue weighted by molar-refractivity contribution is 0.340. The van der Waals surface area contributed by atoms with Gasteiger partial charge >= 0.3 is 0 Å². The first-order valence-electron chi connectivity index (χ1n) is 4.62. The lowest BCUT2D eigenvalue weighted by Gasteiger charge is -2.05. The summed E-state index contributed by atoms with van der Waals surface area (Å²) in [7, 11) is 0. The van der Waals surface area contributed by atoms with Crippen molar-refractivity contribution in [1.82, 2.24) is 0 Å². The minimum Gasteiger partial charge on any atom is -0.486 e. The Kier molecular flexibility index (Phi) is 3.69. The fourth-order valence-corrected chi connectivity index (χ4v) is 1.02. The highest BCUT2D eigenvalue weighted by atomic mass is 19.1. The zero-order chi connectivity index (χ0) is 10.6. The average Bonchev–Trinajstić information content (AvgIpc) is 2.08. The zero-order valence-corrected chi connectivity index (χ0v) is 8.80. The van der Waals surface area contributed by atoms with Crippen LogP contribution < -0.4 is 4.74 Å². The molecule has 2 heteroatoms. The maximum absolute atomic E-state index is 13.2. The molecule has 0 aliphatic heterocycles. The van der Waals surface area contributed by atoms with E-state index in [4.69, 9.17) is 4.74 Å². The summed E-state index contributed by atoms with van der Waals surface area (Å²) in [5.41, 5.74) is 2.06. The Balaban J connectivity index is 2.64. The quantitative estimate of drug-likeness (QED) is 0.669. The van der Waals surface area contributed by atoms with Gasteiger partial charge in [0.1, 0.15) is 6.61 Å². The summed E-state index contributed by atoms with van der Waals surface area (Å²) in [6, 6.07) is 4.96. The van der Waals surface area contributed by atoms with Crippen molar-refractivity contribution in [3.63, 3.8) is 0 Å². The Morgan fingerprint density at radius 3 is 2.71 bits per heavy atom. The van der Waals surface area contributed by atoms with E-state index in [0.717, 1.165) is 11.1 Å². The van der Waals surface area contributed by atoms with Gasteiger partial charge in [-0.05, 0) is 44.5 Å². The van der Waals surface area contributed by atoms with Crippen LogP contribution in [0, 0.1) is 12.7 Å². The summed E-state index contributed by atoms with van der Waals surface area (Å²) in [4.78, 5) is 0. The van der Waals surface area contributed by atoms with Crippen LogP contribution in [0.2, 0.25) is 0 Å². The largest absolute Gasteiger partial charge is 0.486 e. The van der Waals surface area contributed by atoms with Crippen LogP contribution in [0.3, 0.4) is 0 Å². The number of aryl methyl sites for hydroxylation is 1. The van der Waals surface area contributed by atoms with Crippen molar-refractivity contribution >= 4 is 0 Å². The minimum atomic E-state index is -0.299. The third kappa shape index (κ3) is 3.21. The van der Waals surface area contributed by atoms with Crippen LogP contribution in [-0.4, -0.2) is 6.61 Å². The molecule has 0 saturated carbocycles. The molecule has 1 rings (SSSR count). The summed E-state index contributed by atoms with van der Waals surface area (Å²) in [5, 5.41) is 0. The fraction of sp³-hybridized carbons (Fsp3) is 0.333. The number of hydrogen-bond donors (Lipinski definition) is 0. The van der Waals surface area contributed by atoms with Gasteiger partial charge < -0.3 is 4.74 Å². The molecule has 1 aromatic carbocycles. The van der Waals surface area contributed by atoms with Crippen LogP contribution in [0.5, 0.6) is 5.75 Å². The molecule has 0 aliphatic carbocycles. The number of benzene rings is 1. The highest BCUT2D eigenvalue weighted by molar-refractivity contribution is 5.28. The van der Waals surface area contributed by atoms with Crippen LogP contribution in [0.4, 0.5) is 4.39 Å². The SMILES string of the molecule is CC(C)=CCOc1ccc(C)cc1F. The Hall–Kier alpha value is -1.31. The van der Waals surface area contributed by atoms with E-state index >= 15 is 0 Å². The summed E-state index contributed by atoms with van der Waals surface area (Å²) in [6.45, 7) is 6.23. The second-order valence-electron chi connectivity index (χ2n) is 3.53. The van der Waals surface area contributed by atoms with E-state index in [-0.39, 0.29) is 5.82 Å². The molecule has 0 radical (unpaired) electrons. The van der Waals surface area contributed by atoms with Crippen molar-refractivity contribution in [2.45, 2.75) is 20.8 Å². The van der Waals surface area contributed by atoms with E-state index in [1.165, 1.54) is 6.07 Å². The van der Waals surface area contributed by atoms with Gasteiger partial charge in [0.15, 0.2) is 11.6 Å². The topological polar surface area (TPSA) is 9.23 Å². The van der Waals surface area contributed by atoms with E-state index in [2.05, 4.69) is 0 Å². The molecule has 1 aromatic rings. The van der Waals surface area contributed by atoms with Crippen molar-refractivity contribution in [3.8, 4) is 5.75 Å². The smallest absolute Gasteiger partial charge is 0.165 e. The second-order valence-corrected chi connectivity index (χ2v) is 3.53. The molecule has 0 aliphatic rings. The zero-order valence-electron chi connectivity index (χ0n) is 8.80. The van der Waals surface area contributed by atoms with Crippen LogP contribution in [0.1, 0.15) is 19.4 Å². The van der Waals surface area contributed by atoms with Crippen LogP contribution in [0.25, 0.3) is 0 Å². The van der Waals surface area contributed by atoms with Crippen LogP contribution >= 0.6 is 0 Å². The first-order valence-corrected chi connectivity index (χ1v) is 4.62. The molecule has 76 valence electrons. The second kappa shape index (κ2) is 4.80. The fourth-order valence-electron chi connectivity index (χ4n) is 1.02. The summed E-state index contributed by atoms with van der Waals surface area (Å²) >= 11 is 0. The predicted octanol–water partition coefficient (Wildman–Crippen LogP) is 3.48. The summed E-state index contributed by atoms with van der Waals surface area (Å²) in [5.74, 6) is 0.0141. The number of rotatable bonds is 3. The van der Waals surface area contributed by atoms with Gasteiger partial charge in [-0.15, -0.1) is 0 Å². The van der Waals surface area contributed by atoms with Crippen LogP contribution in [-0.2, 0) is 0 Å².